The summed E-state index contributed by atoms with van der Waals surface area (Å²) in [5.41, 5.74) is 6.45. The normalized spacial score (nSPS) is 21.0. The van der Waals surface area contributed by atoms with E-state index >= 15 is 0 Å². The van der Waals surface area contributed by atoms with Crippen LogP contribution in [0.15, 0.2) is 48.7 Å². The SMILES string of the molecule is CC[C@H](C)N(C(=O)[C@@H](NC(=O)OC)C(C)C)[C@@H](C)c1ncc(-c2ccc3c(c2)COc2cc4c(ccc5nc([C@@H]6CC[C@H](CC7(C)CCCOC7)N6C(=O)[C@H](C)NC(=O)OC)[nH]c54)cc2-3)[nH]1. The number of hydrogen-bond donors (Lipinski definition) is 4. The van der Waals surface area contributed by atoms with Crippen molar-refractivity contribution in [3.05, 3.63) is 65.9 Å². The van der Waals surface area contributed by atoms with Crippen LogP contribution < -0.4 is 15.4 Å². The molecule has 2 aromatic heterocycles. The van der Waals surface area contributed by atoms with Gasteiger partial charge in [-0.1, -0.05) is 45.9 Å². The second-order valence-electron chi connectivity index (χ2n) is 19.1. The molecule has 2 saturated heterocycles. The second kappa shape index (κ2) is 19.0. The van der Waals surface area contributed by atoms with Gasteiger partial charge < -0.3 is 49.3 Å². The minimum Gasteiger partial charge on any atom is -0.488 e. The van der Waals surface area contributed by atoms with Crippen molar-refractivity contribution in [2.24, 2.45) is 11.3 Å². The van der Waals surface area contributed by atoms with Gasteiger partial charge in [-0.05, 0) is 117 Å². The van der Waals surface area contributed by atoms with Crippen molar-refractivity contribution in [3.8, 4) is 28.1 Å². The molecule has 3 aromatic carbocycles. The fourth-order valence-corrected chi connectivity index (χ4v) is 10.2. The zero-order valence-corrected chi connectivity index (χ0v) is 39.6. The molecule has 16 nitrogen and oxygen atoms in total. The lowest BCUT2D eigenvalue weighted by Crippen LogP contribution is -2.54. The minimum absolute atomic E-state index is 0.0440. The molecule has 66 heavy (non-hydrogen) atoms. The van der Waals surface area contributed by atoms with E-state index in [4.69, 9.17) is 28.9 Å². The predicted molar refractivity (Wildman–Crippen MR) is 251 cm³/mol. The summed E-state index contributed by atoms with van der Waals surface area (Å²) in [6.07, 6.45) is 5.59. The van der Waals surface area contributed by atoms with Crippen LogP contribution in [0.25, 0.3) is 44.2 Å². The van der Waals surface area contributed by atoms with E-state index < -0.39 is 30.3 Å². The molecule has 0 aliphatic carbocycles. The van der Waals surface area contributed by atoms with Gasteiger partial charge in [-0.2, -0.15) is 0 Å². The number of fused-ring (bicyclic) bond motifs is 6. The summed E-state index contributed by atoms with van der Waals surface area (Å²) in [6, 6.07) is 12.2. The summed E-state index contributed by atoms with van der Waals surface area (Å²) in [6.45, 7) is 15.5. The van der Waals surface area contributed by atoms with Gasteiger partial charge in [-0.25, -0.2) is 19.6 Å². The fourth-order valence-electron chi connectivity index (χ4n) is 10.2. The molecule has 1 unspecified atom stereocenters. The highest BCUT2D eigenvalue weighted by molar-refractivity contribution is 6.07. The molecule has 0 saturated carbocycles. The van der Waals surface area contributed by atoms with Gasteiger partial charge in [0.2, 0.25) is 11.8 Å². The molecule has 0 spiro atoms. The van der Waals surface area contributed by atoms with Crippen molar-refractivity contribution < 1.29 is 38.1 Å². The number of nitrogens with one attached hydrogen (secondary N) is 4. The Morgan fingerprint density at radius 1 is 0.970 bits per heavy atom. The van der Waals surface area contributed by atoms with Gasteiger partial charge in [0.15, 0.2) is 0 Å². The number of likely N-dealkylation sites (tertiary alicyclic amines) is 1. The fraction of sp³-hybridized carbons (Fsp3) is 0.520. The van der Waals surface area contributed by atoms with Crippen molar-refractivity contribution in [1.29, 1.82) is 0 Å². The Bertz CT molecular complexity index is 2620. The third-order valence-corrected chi connectivity index (χ3v) is 14.0. The number of ether oxygens (including phenoxy) is 4. The van der Waals surface area contributed by atoms with Crippen molar-refractivity contribution in [3.63, 3.8) is 0 Å². The molecule has 0 bridgehead atoms. The Morgan fingerprint density at radius 2 is 1.74 bits per heavy atom. The number of amides is 4. The van der Waals surface area contributed by atoms with Crippen LogP contribution in [0, 0.1) is 11.3 Å². The average molecular weight is 905 g/mol. The Labute approximate surface area is 385 Å². The number of imidazole rings is 2. The first-order valence-electron chi connectivity index (χ1n) is 23.3. The summed E-state index contributed by atoms with van der Waals surface area (Å²) in [5, 5.41) is 7.40. The van der Waals surface area contributed by atoms with Crippen LogP contribution in [0.2, 0.25) is 0 Å². The summed E-state index contributed by atoms with van der Waals surface area (Å²) >= 11 is 0. The molecule has 352 valence electrons. The topological polar surface area (TPSA) is 193 Å². The number of alkyl carbamates (subject to hydrolysis) is 2. The zero-order valence-electron chi connectivity index (χ0n) is 39.6. The van der Waals surface area contributed by atoms with Gasteiger partial charge in [-0.3, -0.25) is 9.59 Å². The molecule has 3 aliphatic heterocycles. The molecule has 4 N–H and O–H groups in total. The molecule has 3 aliphatic rings. The smallest absolute Gasteiger partial charge is 0.407 e. The number of aromatic nitrogens is 4. The monoisotopic (exact) mass is 904 g/mol. The number of hydrogen-bond acceptors (Lipinski definition) is 10. The molecule has 7 atom stereocenters. The van der Waals surface area contributed by atoms with E-state index in [0.717, 1.165) is 101 Å². The Hall–Kier alpha value is -6.16. The summed E-state index contributed by atoms with van der Waals surface area (Å²) in [5.74, 6) is 1.59. The summed E-state index contributed by atoms with van der Waals surface area (Å²) in [4.78, 5) is 73.4. The van der Waals surface area contributed by atoms with E-state index in [0.29, 0.717) is 24.9 Å². The predicted octanol–water partition coefficient (Wildman–Crippen LogP) is 8.72. The van der Waals surface area contributed by atoms with Crippen LogP contribution in [0.1, 0.15) is 116 Å². The van der Waals surface area contributed by atoms with Crippen LogP contribution in [-0.2, 0) is 30.4 Å². The van der Waals surface area contributed by atoms with Gasteiger partial charge >= 0.3 is 12.2 Å². The van der Waals surface area contributed by atoms with Crippen LogP contribution >= 0.6 is 0 Å². The number of carbonyl (C=O) groups is 4. The van der Waals surface area contributed by atoms with Crippen molar-refractivity contribution in [1.82, 2.24) is 40.4 Å². The highest BCUT2D eigenvalue weighted by Crippen LogP contribution is 2.45. The highest BCUT2D eigenvalue weighted by Gasteiger charge is 2.44. The third-order valence-electron chi connectivity index (χ3n) is 14.0. The van der Waals surface area contributed by atoms with Gasteiger partial charge in [-0.15, -0.1) is 0 Å². The Morgan fingerprint density at radius 3 is 2.45 bits per heavy atom. The summed E-state index contributed by atoms with van der Waals surface area (Å²) < 4.78 is 22.0. The lowest BCUT2D eigenvalue weighted by molar-refractivity contribution is -0.139. The molecular formula is C50H64N8O8. The van der Waals surface area contributed by atoms with E-state index in [1.54, 1.807) is 18.0 Å². The number of benzene rings is 3. The largest absolute Gasteiger partial charge is 0.488 e. The first kappa shape index (κ1) is 46.4. The second-order valence-corrected chi connectivity index (χ2v) is 19.1. The highest BCUT2D eigenvalue weighted by atomic mass is 16.5. The number of methoxy groups -OCH3 is 2. The summed E-state index contributed by atoms with van der Waals surface area (Å²) in [7, 11) is 2.58. The molecule has 0 radical (unpaired) electrons. The van der Waals surface area contributed by atoms with E-state index in [1.165, 1.54) is 14.2 Å². The number of carbonyl (C=O) groups excluding carboxylic acids is 4. The van der Waals surface area contributed by atoms with E-state index in [9.17, 15) is 19.2 Å². The van der Waals surface area contributed by atoms with E-state index in [-0.39, 0.29) is 41.3 Å². The van der Waals surface area contributed by atoms with Gasteiger partial charge in [0, 0.05) is 29.6 Å². The van der Waals surface area contributed by atoms with Crippen molar-refractivity contribution in [2.75, 3.05) is 27.4 Å². The molecular weight excluding hydrogens is 841 g/mol. The molecule has 4 amide bonds. The van der Waals surface area contributed by atoms with Crippen LogP contribution in [0.3, 0.4) is 0 Å². The molecule has 16 heteroatoms. The van der Waals surface area contributed by atoms with Crippen LogP contribution in [0.4, 0.5) is 9.59 Å². The van der Waals surface area contributed by atoms with E-state index in [1.807, 2.05) is 45.6 Å². The number of aromatic amines is 2. The minimum atomic E-state index is -0.783. The van der Waals surface area contributed by atoms with Gasteiger partial charge in [0.05, 0.1) is 55.8 Å². The first-order valence-corrected chi connectivity index (χ1v) is 23.3. The van der Waals surface area contributed by atoms with Crippen molar-refractivity contribution >= 4 is 45.8 Å². The lowest BCUT2D eigenvalue weighted by atomic mass is 9.78. The first-order chi connectivity index (χ1) is 31.6. The van der Waals surface area contributed by atoms with E-state index in [2.05, 4.69) is 63.9 Å². The molecule has 8 rings (SSSR count). The molecule has 5 aromatic rings. The van der Waals surface area contributed by atoms with Gasteiger partial charge in [0.25, 0.3) is 0 Å². The van der Waals surface area contributed by atoms with Crippen LogP contribution in [0.5, 0.6) is 5.75 Å². The zero-order chi connectivity index (χ0) is 47.0. The molecule has 2 fully saturated rings. The maximum Gasteiger partial charge on any atom is 0.407 e. The number of rotatable bonds is 13. The lowest BCUT2D eigenvalue weighted by Gasteiger charge is -2.39. The van der Waals surface area contributed by atoms with Crippen molar-refractivity contribution in [2.45, 2.75) is 130 Å². The molecule has 5 heterocycles. The number of H-pyrrole nitrogens is 2. The average Bonchev–Trinajstić information content (AvgIpc) is 4.09. The third kappa shape index (κ3) is 9.03. The Kier molecular flexibility index (Phi) is 13.3. The Balaban J connectivity index is 1.05. The maximum absolute atomic E-state index is 14.2. The standard InChI is InChI=1S/C50H64N8O8/c1-10-28(4)57(47(60)42(27(2)3)56-49(62)64-9)30(6)44-51-24-39(54-44)32-12-15-35-33(20-32)25-66-41-22-36-31(21-37(35)41)13-16-38-43(36)55-45(53-38)40-17-14-34(23-50(7)18-11-19-65-26-50)58(40)46(59)29(5)52-48(61)63-8/h12-13,15-16,20-22,24,27-30,34,40,42H,10-11,14,17-19,23,25-26H2,1-9H3,(H,51,54)(H,52,61)(H,53,55)(H,56,62)/t28-,29-,30-,34+,40-,42-,50?/m0/s1. The van der Waals surface area contributed by atoms with Gasteiger partial charge in [0.1, 0.15) is 36.1 Å². The van der Waals surface area contributed by atoms with Crippen LogP contribution in [-0.4, -0.2) is 105 Å². The quantitative estimate of drug-likeness (QED) is 0.0888. The maximum atomic E-state index is 14.2. The number of nitrogens with zero attached hydrogens (tertiary/aromatic N) is 4.